The molecule has 0 aliphatic carbocycles. The highest BCUT2D eigenvalue weighted by molar-refractivity contribution is 5.83. The maximum Gasteiger partial charge on any atom is 0.330 e. The molecule has 9 atom stereocenters. The van der Waals surface area contributed by atoms with Crippen molar-refractivity contribution in [3.63, 3.8) is 0 Å². The zero-order chi connectivity index (χ0) is 42.5. The van der Waals surface area contributed by atoms with Crippen LogP contribution in [-0.2, 0) is 57.1 Å². The molecule has 320 valence electrons. The van der Waals surface area contributed by atoms with Crippen molar-refractivity contribution in [1.29, 1.82) is 0 Å². The maximum atomic E-state index is 13.4. The van der Waals surface area contributed by atoms with E-state index in [-0.39, 0.29) is 32.1 Å². The fraction of sp³-hybridized carbons (Fsp3) is 0.721. The minimum Gasteiger partial charge on any atom is -0.493 e. The normalized spacial score (nSPS) is 34.7. The number of carbonyl (C=O) groups excluding carboxylic acids is 4. The molecule has 2 saturated heterocycles. The van der Waals surface area contributed by atoms with Gasteiger partial charge in [-0.15, -0.1) is 0 Å². The van der Waals surface area contributed by atoms with E-state index in [4.69, 9.17) is 37.9 Å². The molecular weight excluding hydrogens is 740 g/mol. The standard InChI is InChI=1S/C43H64O14/c1-25(44)33-22-30-15-27(19-37(47)51-10)17-34(54-30)41(5,6)13-12-29-14-26(18-36(46)50-9)16-32(53-29)24-43(52-11)42(7,8)35(56-39(49)40(2,3)4)23-31(57-43)20-28(45)21-38(48)55-33/h12-13,17-19,25,28-33,35,44-45H,14-16,20-24H2,1-11H3/b13-12-,26-18+,27-19+/t25-,28-,29+,30+,31-,32+,33-,35+,43+/m1/s1. The van der Waals surface area contributed by atoms with Gasteiger partial charge in [0.15, 0.2) is 5.79 Å². The molecule has 14 nitrogen and oxygen atoms in total. The molecule has 6 bridgehead atoms. The Labute approximate surface area is 336 Å². The molecule has 4 aliphatic rings. The molecule has 4 aliphatic heterocycles. The van der Waals surface area contributed by atoms with Gasteiger partial charge in [0.1, 0.15) is 24.1 Å². The quantitative estimate of drug-likeness (QED) is 0.157. The van der Waals surface area contributed by atoms with E-state index >= 15 is 0 Å². The number of esters is 4. The third-order valence-electron chi connectivity index (χ3n) is 11.3. The largest absolute Gasteiger partial charge is 0.493 e. The summed E-state index contributed by atoms with van der Waals surface area (Å²) in [6.07, 6.45) is 3.04. The summed E-state index contributed by atoms with van der Waals surface area (Å²) in [5, 5.41) is 22.1. The van der Waals surface area contributed by atoms with E-state index in [1.54, 1.807) is 26.8 Å². The number of aliphatic hydroxyl groups excluding tert-OH is 2. The van der Waals surface area contributed by atoms with Gasteiger partial charge < -0.3 is 48.1 Å². The second-order valence-corrected chi connectivity index (χ2v) is 17.9. The highest BCUT2D eigenvalue weighted by Crippen LogP contribution is 2.51. The molecule has 0 aromatic heterocycles. The van der Waals surface area contributed by atoms with E-state index in [0.29, 0.717) is 24.2 Å². The topological polar surface area (TPSA) is 183 Å². The number of allylic oxidation sites excluding steroid dienone is 2. The van der Waals surface area contributed by atoms with Crippen molar-refractivity contribution >= 4 is 23.9 Å². The Morgan fingerprint density at radius 2 is 1.56 bits per heavy atom. The van der Waals surface area contributed by atoms with E-state index in [1.807, 2.05) is 39.8 Å². The summed E-state index contributed by atoms with van der Waals surface area (Å²) in [5.41, 5.74) is -1.11. The Morgan fingerprint density at radius 3 is 2.18 bits per heavy atom. The third kappa shape index (κ3) is 11.8. The summed E-state index contributed by atoms with van der Waals surface area (Å²) >= 11 is 0. The second-order valence-electron chi connectivity index (χ2n) is 17.9. The van der Waals surface area contributed by atoms with Crippen LogP contribution in [0.2, 0.25) is 0 Å². The number of methoxy groups -OCH3 is 3. The molecule has 0 saturated carbocycles. The fourth-order valence-electron chi connectivity index (χ4n) is 7.81. The fourth-order valence-corrected chi connectivity index (χ4v) is 7.81. The Balaban J connectivity index is 1.83. The predicted octanol–water partition coefficient (Wildman–Crippen LogP) is 5.33. The van der Waals surface area contributed by atoms with Crippen LogP contribution < -0.4 is 0 Å². The Kier molecular flexibility index (Phi) is 15.0. The minimum atomic E-state index is -1.43. The lowest BCUT2D eigenvalue weighted by Gasteiger charge is -2.55. The molecule has 2 fully saturated rings. The van der Waals surface area contributed by atoms with Gasteiger partial charge in [0.05, 0.1) is 62.0 Å². The van der Waals surface area contributed by atoms with Gasteiger partial charge in [-0.1, -0.05) is 31.6 Å². The molecule has 0 radical (unpaired) electrons. The molecule has 4 rings (SSSR count). The molecular formula is C43H64O14. The van der Waals surface area contributed by atoms with Crippen LogP contribution in [0.1, 0.15) is 107 Å². The number of hydrogen-bond acceptors (Lipinski definition) is 14. The second kappa shape index (κ2) is 18.6. The summed E-state index contributed by atoms with van der Waals surface area (Å²) in [7, 11) is 4.12. The van der Waals surface area contributed by atoms with Crippen LogP contribution in [0, 0.1) is 16.2 Å². The number of aliphatic hydroxyl groups is 2. The van der Waals surface area contributed by atoms with Gasteiger partial charge in [-0.25, -0.2) is 9.59 Å². The third-order valence-corrected chi connectivity index (χ3v) is 11.3. The van der Waals surface area contributed by atoms with Gasteiger partial charge in [-0.3, -0.25) is 9.59 Å². The summed E-state index contributed by atoms with van der Waals surface area (Å²) in [4.78, 5) is 51.6. The van der Waals surface area contributed by atoms with Gasteiger partial charge in [-0.05, 0) is 66.0 Å². The number of hydrogen-bond donors (Lipinski definition) is 2. The van der Waals surface area contributed by atoms with E-state index in [9.17, 15) is 29.4 Å². The van der Waals surface area contributed by atoms with Crippen molar-refractivity contribution in [1.82, 2.24) is 0 Å². The molecule has 14 heteroatoms. The average molecular weight is 805 g/mol. The highest BCUT2D eigenvalue weighted by Gasteiger charge is 2.59. The van der Waals surface area contributed by atoms with Crippen molar-refractivity contribution in [2.24, 2.45) is 16.2 Å². The van der Waals surface area contributed by atoms with Crippen molar-refractivity contribution in [2.75, 3.05) is 21.3 Å². The summed E-state index contributed by atoms with van der Waals surface area (Å²) in [6, 6.07) is 0. The van der Waals surface area contributed by atoms with Crippen LogP contribution in [0.15, 0.2) is 47.3 Å². The lowest BCUT2D eigenvalue weighted by Crippen LogP contribution is -2.63. The lowest BCUT2D eigenvalue weighted by molar-refractivity contribution is -0.358. The van der Waals surface area contributed by atoms with Gasteiger partial charge in [0.25, 0.3) is 0 Å². The minimum absolute atomic E-state index is 0.0275. The first-order valence-corrected chi connectivity index (χ1v) is 19.8. The van der Waals surface area contributed by atoms with Crippen LogP contribution in [-0.4, -0.2) is 110 Å². The first-order valence-electron chi connectivity index (χ1n) is 19.8. The molecule has 57 heavy (non-hydrogen) atoms. The zero-order valence-corrected chi connectivity index (χ0v) is 35.5. The Morgan fingerprint density at radius 1 is 0.895 bits per heavy atom. The molecule has 2 N–H and O–H groups in total. The smallest absolute Gasteiger partial charge is 0.330 e. The maximum absolute atomic E-state index is 13.4. The first kappa shape index (κ1) is 46.1. The summed E-state index contributed by atoms with van der Waals surface area (Å²) in [6.45, 7) is 14.5. The van der Waals surface area contributed by atoms with Crippen LogP contribution in [0.3, 0.4) is 0 Å². The zero-order valence-electron chi connectivity index (χ0n) is 35.5. The first-order chi connectivity index (χ1) is 26.5. The predicted molar refractivity (Wildman–Crippen MR) is 207 cm³/mol. The highest BCUT2D eigenvalue weighted by atomic mass is 16.7. The number of cyclic esters (lactones) is 1. The number of carbonyl (C=O) groups is 4. The van der Waals surface area contributed by atoms with Crippen LogP contribution in [0.5, 0.6) is 0 Å². The van der Waals surface area contributed by atoms with Crippen molar-refractivity contribution in [3.8, 4) is 0 Å². The van der Waals surface area contributed by atoms with Crippen molar-refractivity contribution in [2.45, 2.75) is 161 Å². The van der Waals surface area contributed by atoms with E-state index < -0.39 is 101 Å². The average Bonchev–Trinajstić information content (AvgIpc) is 3.11. The molecule has 4 heterocycles. The van der Waals surface area contributed by atoms with E-state index in [1.165, 1.54) is 40.4 Å². The summed E-state index contributed by atoms with van der Waals surface area (Å²) in [5.74, 6) is -3.11. The van der Waals surface area contributed by atoms with Gasteiger partial charge >= 0.3 is 23.9 Å². The van der Waals surface area contributed by atoms with Crippen LogP contribution in [0.25, 0.3) is 0 Å². The van der Waals surface area contributed by atoms with Crippen molar-refractivity contribution in [3.05, 3.63) is 47.3 Å². The Bertz CT molecular complexity index is 1600. The van der Waals surface area contributed by atoms with Gasteiger partial charge in [-0.2, -0.15) is 0 Å². The molecule has 0 spiro atoms. The SMILES string of the molecule is COC(=O)/C=C1/C[C@H]2C[C@]3(OC)O[C@H](C[C@@H](O)CC(=O)O[C@@H]([C@@H](C)O)C[C@@H]4C/C(=C\C(=O)OC)C=C(O4)C(C)(C)/C=C\[C@@H](C1)O2)C[C@H](OC(=O)C(C)(C)C)C3(C)C. The van der Waals surface area contributed by atoms with Crippen LogP contribution >= 0.6 is 0 Å². The Hall–Kier alpha value is -3.56. The molecule has 0 aromatic rings. The van der Waals surface area contributed by atoms with Crippen LogP contribution in [0.4, 0.5) is 0 Å². The number of fused-ring (bicyclic) bond motifs is 6. The number of ether oxygens (including phenoxy) is 8. The molecule has 0 unspecified atom stereocenters. The monoisotopic (exact) mass is 804 g/mol. The lowest BCUT2D eigenvalue weighted by atomic mass is 9.70. The number of rotatable bonds is 5. The van der Waals surface area contributed by atoms with E-state index in [0.717, 1.165) is 5.57 Å². The van der Waals surface area contributed by atoms with E-state index in [2.05, 4.69) is 0 Å². The molecule has 0 aromatic carbocycles. The molecule has 0 amide bonds. The summed E-state index contributed by atoms with van der Waals surface area (Å²) < 4.78 is 48.2. The van der Waals surface area contributed by atoms with Gasteiger partial charge in [0, 0.05) is 56.8 Å². The van der Waals surface area contributed by atoms with Gasteiger partial charge in [0.2, 0.25) is 0 Å². The van der Waals surface area contributed by atoms with Crippen molar-refractivity contribution < 1.29 is 67.3 Å².